The van der Waals surface area contributed by atoms with E-state index in [9.17, 15) is 4.79 Å². The van der Waals surface area contributed by atoms with Crippen molar-refractivity contribution in [2.24, 2.45) is 5.92 Å². The first-order valence-electron chi connectivity index (χ1n) is 10.7. The molecular formula is C22H33N3O2. The highest BCUT2D eigenvalue weighted by molar-refractivity contribution is 5.78. The Balaban J connectivity index is 1.10. The van der Waals surface area contributed by atoms with Gasteiger partial charge in [-0.25, -0.2) is 0 Å². The normalized spacial score (nSPS) is 23.3. The molecule has 5 heteroatoms. The van der Waals surface area contributed by atoms with Crippen molar-refractivity contribution in [1.29, 1.82) is 0 Å². The zero-order chi connectivity index (χ0) is 18.5. The highest BCUT2D eigenvalue weighted by atomic mass is 16.5. The number of piperidine rings is 2. The molecule has 2 saturated heterocycles. The van der Waals surface area contributed by atoms with Gasteiger partial charge in [-0.1, -0.05) is 18.2 Å². The summed E-state index contributed by atoms with van der Waals surface area (Å²) >= 11 is 0. The highest BCUT2D eigenvalue weighted by Gasteiger charge is 2.32. The van der Waals surface area contributed by atoms with Crippen LogP contribution in [0.1, 0.15) is 38.5 Å². The lowest BCUT2D eigenvalue weighted by Crippen LogP contribution is -2.49. The number of carbonyl (C=O) groups excluding carboxylic acids is 1. The predicted octanol–water partition coefficient (Wildman–Crippen LogP) is 2.52. The second-order valence-electron chi connectivity index (χ2n) is 8.45. The Morgan fingerprint density at radius 1 is 0.963 bits per heavy atom. The maximum atomic E-state index is 12.4. The monoisotopic (exact) mass is 371 g/mol. The third kappa shape index (κ3) is 5.69. The molecule has 1 aromatic rings. The van der Waals surface area contributed by atoms with Crippen LogP contribution in [-0.2, 0) is 4.79 Å². The molecule has 1 saturated carbocycles. The summed E-state index contributed by atoms with van der Waals surface area (Å²) in [6, 6.07) is 11.3. The number of carbonyl (C=O) groups is 1. The van der Waals surface area contributed by atoms with E-state index in [1.165, 1.54) is 12.8 Å². The van der Waals surface area contributed by atoms with E-state index in [2.05, 4.69) is 15.1 Å². The summed E-state index contributed by atoms with van der Waals surface area (Å²) in [6.07, 6.45) is 7.20. The van der Waals surface area contributed by atoms with E-state index in [4.69, 9.17) is 4.74 Å². The molecular weight excluding hydrogens is 338 g/mol. The zero-order valence-electron chi connectivity index (χ0n) is 16.3. The summed E-state index contributed by atoms with van der Waals surface area (Å²) < 4.78 is 5.89. The minimum Gasteiger partial charge on any atom is -0.493 e. The highest BCUT2D eigenvalue weighted by Crippen LogP contribution is 2.29. The lowest BCUT2D eigenvalue weighted by molar-refractivity contribution is -0.123. The van der Waals surface area contributed by atoms with Crippen molar-refractivity contribution in [3.05, 3.63) is 30.3 Å². The molecule has 1 aromatic carbocycles. The van der Waals surface area contributed by atoms with Crippen LogP contribution < -0.4 is 10.1 Å². The molecule has 1 amide bonds. The van der Waals surface area contributed by atoms with Gasteiger partial charge in [-0.2, -0.15) is 0 Å². The maximum Gasteiger partial charge on any atom is 0.234 e. The molecule has 148 valence electrons. The van der Waals surface area contributed by atoms with E-state index in [-0.39, 0.29) is 5.91 Å². The van der Waals surface area contributed by atoms with Crippen molar-refractivity contribution < 1.29 is 9.53 Å². The summed E-state index contributed by atoms with van der Waals surface area (Å²) in [4.78, 5) is 17.3. The lowest BCUT2D eigenvalue weighted by Gasteiger charge is -2.34. The average Bonchev–Trinajstić information content (AvgIpc) is 3.54. The van der Waals surface area contributed by atoms with Gasteiger partial charge in [0.15, 0.2) is 0 Å². The van der Waals surface area contributed by atoms with Crippen LogP contribution in [0.2, 0.25) is 0 Å². The number of ether oxygens (including phenoxy) is 1. The number of hydrogen-bond donors (Lipinski definition) is 1. The second kappa shape index (κ2) is 9.07. The fraction of sp³-hybridized carbons (Fsp3) is 0.682. The van der Waals surface area contributed by atoms with Crippen LogP contribution in [0.4, 0.5) is 0 Å². The van der Waals surface area contributed by atoms with Crippen molar-refractivity contribution in [3.8, 4) is 5.75 Å². The lowest BCUT2D eigenvalue weighted by atomic mass is 9.98. The Bertz CT molecular complexity index is 589. The van der Waals surface area contributed by atoms with E-state index in [0.717, 1.165) is 70.3 Å². The van der Waals surface area contributed by atoms with Gasteiger partial charge >= 0.3 is 0 Å². The number of nitrogens with zero attached hydrogens (tertiary/aromatic N) is 2. The molecule has 5 nitrogen and oxygen atoms in total. The summed E-state index contributed by atoms with van der Waals surface area (Å²) in [5.74, 6) is 1.75. The van der Waals surface area contributed by atoms with Crippen LogP contribution in [0.15, 0.2) is 30.3 Å². The van der Waals surface area contributed by atoms with Crippen molar-refractivity contribution in [2.75, 3.05) is 39.3 Å². The molecule has 0 bridgehead atoms. The average molecular weight is 372 g/mol. The fourth-order valence-corrected chi connectivity index (χ4v) is 4.37. The third-order valence-electron chi connectivity index (χ3n) is 6.26. The number of para-hydroxylation sites is 1. The van der Waals surface area contributed by atoms with Gasteiger partial charge in [0.25, 0.3) is 0 Å². The quantitative estimate of drug-likeness (QED) is 0.800. The van der Waals surface area contributed by atoms with Crippen LogP contribution in [0, 0.1) is 5.92 Å². The van der Waals surface area contributed by atoms with Crippen molar-refractivity contribution in [3.63, 3.8) is 0 Å². The van der Waals surface area contributed by atoms with Crippen LogP contribution in [0.25, 0.3) is 0 Å². The van der Waals surface area contributed by atoms with Gasteiger partial charge in [0.2, 0.25) is 5.91 Å². The largest absolute Gasteiger partial charge is 0.493 e. The third-order valence-corrected chi connectivity index (χ3v) is 6.26. The molecule has 2 heterocycles. The SMILES string of the molecule is O=C(CN1CCC(COc2ccccc2)CC1)NC1CCN(C2CC2)CC1. The molecule has 0 unspecified atom stereocenters. The molecule has 0 atom stereocenters. The molecule has 27 heavy (non-hydrogen) atoms. The number of nitrogens with one attached hydrogen (secondary N) is 1. The minimum atomic E-state index is 0.207. The Hall–Kier alpha value is -1.59. The molecule has 0 radical (unpaired) electrons. The van der Waals surface area contributed by atoms with Crippen LogP contribution in [-0.4, -0.2) is 67.1 Å². The number of amides is 1. The predicted molar refractivity (Wildman–Crippen MR) is 107 cm³/mol. The second-order valence-corrected chi connectivity index (χ2v) is 8.45. The van der Waals surface area contributed by atoms with Crippen LogP contribution >= 0.6 is 0 Å². The molecule has 1 N–H and O–H groups in total. The minimum absolute atomic E-state index is 0.207. The molecule has 4 rings (SSSR count). The van der Waals surface area contributed by atoms with E-state index in [1.807, 2.05) is 30.3 Å². The maximum absolute atomic E-state index is 12.4. The first-order valence-corrected chi connectivity index (χ1v) is 10.7. The van der Waals surface area contributed by atoms with Crippen LogP contribution in [0.3, 0.4) is 0 Å². The van der Waals surface area contributed by atoms with Gasteiger partial charge in [-0.3, -0.25) is 9.69 Å². The number of likely N-dealkylation sites (tertiary alicyclic amines) is 2. The summed E-state index contributed by atoms with van der Waals surface area (Å²) in [7, 11) is 0. The summed E-state index contributed by atoms with van der Waals surface area (Å²) in [5.41, 5.74) is 0. The first kappa shape index (κ1) is 18.8. The first-order chi connectivity index (χ1) is 13.3. The van der Waals surface area contributed by atoms with E-state index >= 15 is 0 Å². The van der Waals surface area contributed by atoms with Crippen molar-refractivity contribution in [1.82, 2.24) is 15.1 Å². The van der Waals surface area contributed by atoms with Gasteiger partial charge in [-0.15, -0.1) is 0 Å². The van der Waals surface area contributed by atoms with E-state index in [1.54, 1.807) is 0 Å². The van der Waals surface area contributed by atoms with Gasteiger partial charge in [0, 0.05) is 25.2 Å². The number of hydrogen-bond acceptors (Lipinski definition) is 4. The van der Waals surface area contributed by atoms with Gasteiger partial charge in [-0.05, 0) is 69.7 Å². The Morgan fingerprint density at radius 2 is 1.67 bits per heavy atom. The van der Waals surface area contributed by atoms with Gasteiger partial charge < -0.3 is 15.0 Å². The Labute approximate surface area is 163 Å². The summed E-state index contributed by atoms with van der Waals surface area (Å²) in [5, 5.41) is 3.27. The standard InChI is InChI=1S/C22H33N3O2/c26-22(23-19-10-14-25(15-11-19)20-6-7-20)16-24-12-8-18(9-13-24)17-27-21-4-2-1-3-5-21/h1-5,18-20H,6-17H2,(H,23,26). The Morgan fingerprint density at radius 3 is 2.33 bits per heavy atom. The zero-order valence-corrected chi connectivity index (χ0v) is 16.3. The molecule has 3 fully saturated rings. The van der Waals surface area contributed by atoms with Gasteiger partial charge in [0.1, 0.15) is 5.75 Å². The van der Waals surface area contributed by atoms with Crippen molar-refractivity contribution >= 4 is 5.91 Å². The summed E-state index contributed by atoms with van der Waals surface area (Å²) in [6.45, 7) is 5.64. The number of rotatable bonds is 7. The van der Waals surface area contributed by atoms with E-state index < -0.39 is 0 Å². The molecule has 3 aliphatic rings. The molecule has 0 spiro atoms. The smallest absolute Gasteiger partial charge is 0.234 e. The van der Waals surface area contributed by atoms with Gasteiger partial charge in [0.05, 0.1) is 13.2 Å². The molecule has 1 aliphatic carbocycles. The fourth-order valence-electron chi connectivity index (χ4n) is 4.37. The Kier molecular flexibility index (Phi) is 6.30. The topological polar surface area (TPSA) is 44.8 Å². The molecule has 2 aliphatic heterocycles. The molecule has 0 aromatic heterocycles. The number of benzene rings is 1. The van der Waals surface area contributed by atoms with E-state index in [0.29, 0.717) is 18.5 Å². The van der Waals surface area contributed by atoms with Crippen molar-refractivity contribution in [2.45, 2.75) is 50.6 Å². The van der Waals surface area contributed by atoms with Crippen LogP contribution in [0.5, 0.6) is 5.75 Å².